The third-order valence-electron chi connectivity index (χ3n) is 3.46. The summed E-state index contributed by atoms with van der Waals surface area (Å²) in [5, 5.41) is 2.93. The van der Waals surface area contributed by atoms with E-state index in [0.29, 0.717) is 4.47 Å². The summed E-state index contributed by atoms with van der Waals surface area (Å²) in [6.45, 7) is 5.02. The number of nitrogens with one attached hydrogen (secondary N) is 1. The second-order valence-corrected chi connectivity index (χ2v) is 5.75. The maximum atomic E-state index is 13.6. The van der Waals surface area contributed by atoms with E-state index in [1.807, 2.05) is 0 Å². The van der Waals surface area contributed by atoms with Gasteiger partial charge in [0.15, 0.2) is 0 Å². The first-order valence-electron chi connectivity index (χ1n) is 6.58. The molecule has 0 aromatic heterocycles. The second-order valence-electron chi connectivity index (χ2n) is 4.83. The molecule has 0 aliphatic carbocycles. The third kappa shape index (κ3) is 3.76. The lowest BCUT2D eigenvalue weighted by Gasteiger charge is -2.32. The van der Waals surface area contributed by atoms with Crippen molar-refractivity contribution in [1.82, 2.24) is 10.2 Å². The number of carbonyl (C=O) groups excluding carboxylic acids is 1. The fourth-order valence-corrected chi connectivity index (χ4v) is 2.76. The van der Waals surface area contributed by atoms with Gasteiger partial charge in [0, 0.05) is 17.1 Å². The molecule has 1 heterocycles. The summed E-state index contributed by atoms with van der Waals surface area (Å²) in [5.41, 5.74) is 0.1000. The summed E-state index contributed by atoms with van der Waals surface area (Å²) >= 11 is 3.26. The first-order valence-corrected chi connectivity index (χ1v) is 7.37. The number of hydrogen-bond donors (Lipinski definition) is 1. The van der Waals surface area contributed by atoms with Crippen molar-refractivity contribution in [3.8, 4) is 0 Å². The Hall–Kier alpha value is -0.940. The van der Waals surface area contributed by atoms with Crippen LogP contribution < -0.4 is 5.32 Å². The smallest absolute Gasteiger partial charge is 0.254 e. The zero-order chi connectivity index (χ0) is 13.8. The van der Waals surface area contributed by atoms with Gasteiger partial charge in [0.2, 0.25) is 0 Å². The van der Waals surface area contributed by atoms with E-state index in [0.717, 1.165) is 32.5 Å². The Labute approximate surface area is 121 Å². The molecule has 19 heavy (non-hydrogen) atoms. The molecule has 1 aliphatic rings. The molecule has 0 bridgehead atoms. The quantitative estimate of drug-likeness (QED) is 0.925. The monoisotopic (exact) mass is 328 g/mol. The third-order valence-corrected chi connectivity index (χ3v) is 3.95. The topological polar surface area (TPSA) is 32.3 Å². The molecule has 0 spiro atoms. The van der Waals surface area contributed by atoms with Gasteiger partial charge in [0.05, 0.1) is 5.56 Å². The van der Waals surface area contributed by atoms with E-state index in [1.54, 1.807) is 6.07 Å². The number of likely N-dealkylation sites (N-methyl/N-ethyl adjacent to an activating group) is 1. The normalized spacial score (nSPS) is 20.3. The minimum absolute atomic E-state index is 0.1000. The van der Waals surface area contributed by atoms with Gasteiger partial charge >= 0.3 is 0 Å². The molecule has 1 aromatic rings. The van der Waals surface area contributed by atoms with Crippen LogP contribution in [0.2, 0.25) is 0 Å². The Balaban J connectivity index is 2.02. The van der Waals surface area contributed by atoms with Crippen LogP contribution in [0.3, 0.4) is 0 Å². The van der Waals surface area contributed by atoms with Crippen molar-refractivity contribution in [2.24, 2.45) is 0 Å². The van der Waals surface area contributed by atoms with Crippen molar-refractivity contribution in [3.05, 3.63) is 34.1 Å². The maximum absolute atomic E-state index is 13.6. The van der Waals surface area contributed by atoms with E-state index in [9.17, 15) is 9.18 Å². The summed E-state index contributed by atoms with van der Waals surface area (Å²) in [4.78, 5) is 14.4. The molecule has 1 fully saturated rings. The Morgan fingerprint density at radius 2 is 2.37 bits per heavy atom. The van der Waals surface area contributed by atoms with Crippen molar-refractivity contribution in [2.45, 2.75) is 25.8 Å². The fraction of sp³-hybridized carbons (Fsp3) is 0.500. The van der Waals surface area contributed by atoms with Gasteiger partial charge in [-0.2, -0.15) is 0 Å². The zero-order valence-corrected chi connectivity index (χ0v) is 12.5. The van der Waals surface area contributed by atoms with Crippen LogP contribution in [0, 0.1) is 5.82 Å². The molecule has 1 saturated heterocycles. The van der Waals surface area contributed by atoms with Gasteiger partial charge in [-0.15, -0.1) is 0 Å². The Kier molecular flexibility index (Phi) is 4.93. The largest absolute Gasteiger partial charge is 0.348 e. The minimum atomic E-state index is -0.483. The van der Waals surface area contributed by atoms with E-state index >= 15 is 0 Å². The summed E-state index contributed by atoms with van der Waals surface area (Å²) < 4.78 is 14.3. The molecule has 1 amide bonds. The van der Waals surface area contributed by atoms with Gasteiger partial charge in [-0.1, -0.05) is 22.9 Å². The molecule has 1 unspecified atom stereocenters. The van der Waals surface area contributed by atoms with E-state index in [1.165, 1.54) is 12.1 Å². The minimum Gasteiger partial charge on any atom is -0.348 e. The standard InChI is InChI=1S/C14H18BrFN2O/c1-2-18-7-3-4-11(9-18)17-14(19)12-8-10(15)5-6-13(12)16/h5-6,8,11H,2-4,7,9H2,1H3,(H,17,19). The summed E-state index contributed by atoms with van der Waals surface area (Å²) in [6, 6.07) is 4.52. The maximum Gasteiger partial charge on any atom is 0.254 e. The molecule has 1 N–H and O–H groups in total. The molecule has 104 valence electrons. The summed E-state index contributed by atoms with van der Waals surface area (Å²) in [7, 11) is 0. The van der Waals surface area contributed by atoms with Crippen molar-refractivity contribution < 1.29 is 9.18 Å². The molecule has 0 radical (unpaired) electrons. The van der Waals surface area contributed by atoms with Gasteiger partial charge in [0.1, 0.15) is 5.82 Å². The van der Waals surface area contributed by atoms with Crippen molar-refractivity contribution in [3.63, 3.8) is 0 Å². The van der Waals surface area contributed by atoms with Crippen molar-refractivity contribution in [1.29, 1.82) is 0 Å². The first kappa shape index (κ1) is 14.5. The lowest BCUT2D eigenvalue weighted by Crippen LogP contribution is -2.47. The summed E-state index contributed by atoms with van der Waals surface area (Å²) in [5.74, 6) is -0.814. The predicted molar refractivity (Wildman–Crippen MR) is 76.7 cm³/mol. The average Bonchev–Trinajstić information content (AvgIpc) is 2.41. The van der Waals surface area contributed by atoms with E-state index in [2.05, 4.69) is 33.1 Å². The van der Waals surface area contributed by atoms with Crippen molar-refractivity contribution >= 4 is 21.8 Å². The van der Waals surface area contributed by atoms with E-state index < -0.39 is 5.82 Å². The number of rotatable bonds is 3. The highest BCUT2D eigenvalue weighted by Crippen LogP contribution is 2.16. The van der Waals surface area contributed by atoms with Crippen LogP contribution >= 0.6 is 15.9 Å². The molecule has 0 saturated carbocycles. The number of carbonyl (C=O) groups is 1. The highest BCUT2D eigenvalue weighted by Gasteiger charge is 2.22. The van der Waals surface area contributed by atoms with Gasteiger partial charge in [-0.05, 0) is 44.1 Å². The van der Waals surface area contributed by atoms with Crippen LogP contribution in [0.25, 0.3) is 0 Å². The molecule has 1 aromatic carbocycles. The van der Waals surface area contributed by atoms with Crippen molar-refractivity contribution in [2.75, 3.05) is 19.6 Å². The molecule has 2 rings (SSSR count). The number of amides is 1. The predicted octanol–water partition coefficient (Wildman–Crippen LogP) is 2.80. The lowest BCUT2D eigenvalue weighted by atomic mass is 10.1. The molecule has 1 atom stereocenters. The number of halogens is 2. The molecular weight excluding hydrogens is 311 g/mol. The number of nitrogens with zero attached hydrogens (tertiary/aromatic N) is 1. The molecule has 5 heteroatoms. The van der Waals surface area contributed by atoms with Crippen LogP contribution in [0.1, 0.15) is 30.1 Å². The van der Waals surface area contributed by atoms with Gasteiger partial charge in [0.25, 0.3) is 5.91 Å². The highest BCUT2D eigenvalue weighted by atomic mass is 79.9. The Morgan fingerprint density at radius 1 is 1.58 bits per heavy atom. The lowest BCUT2D eigenvalue weighted by molar-refractivity contribution is 0.0901. The van der Waals surface area contributed by atoms with Crippen LogP contribution in [-0.2, 0) is 0 Å². The molecular formula is C14H18BrFN2O. The summed E-state index contributed by atoms with van der Waals surface area (Å²) in [6.07, 6.45) is 2.03. The first-order chi connectivity index (χ1) is 9.10. The number of hydrogen-bond acceptors (Lipinski definition) is 2. The van der Waals surface area contributed by atoms with Gasteiger partial charge in [-0.3, -0.25) is 4.79 Å². The van der Waals surface area contributed by atoms with Gasteiger partial charge < -0.3 is 10.2 Å². The van der Waals surface area contributed by atoms with Crippen LogP contribution in [0.15, 0.2) is 22.7 Å². The number of likely N-dealkylation sites (tertiary alicyclic amines) is 1. The molecule has 3 nitrogen and oxygen atoms in total. The average molecular weight is 329 g/mol. The van der Waals surface area contributed by atoms with E-state index in [-0.39, 0.29) is 17.5 Å². The number of benzene rings is 1. The number of piperidine rings is 1. The highest BCUT2D eigenvalue weighted by molar-refractivity contribution is 9.10. The second kappa shape index (κ2) is 6.48. The fourth-order valence-electron chi connectivity index (χ4n) is 2.40. The van der Waals surface area contributed by atoms with Gasteiger partial charge in [-0.25, -0.2) is 4.39 Å². The Morgan fingerprint density at radius 3 is 3.11 bits per heavy atom. The van der Waals surface area contributed by atoms with E-state index in [4.69, 9.17) is 0 Å². The Bertz CT molecular complexity index is 467. The zero-order valence-electron chi connectivity index (χ0n) is 11.0. The van der Waals surface area contributed by atoms with Crippen LogP contribution in [-0.4, -0.2) is 36.5 Å². The SMILES string of the molecule is CCN1CCCC(NC(=O)c2cc(Br)ccc2F)C1. The van der Waals surface area contributed by atoms with Crippen LogP contribution in [0.5, 0.6) is 0 Å². The van der Waals surface area contributed by atoms with Crippen LogP contribution in [0.4, 0.5) is 4.39 Å². The molecule has 1 aliphatic heterocycles.